The highest BCUT2D eigenvalue weighted by molar-refractivity contribution is 6.42. The normalized spacial score (nSPS) is 11.4. The Morgan fingerprint density at radius 2 is 2.06 bits per heavy atom. The first kappa shape index (κ1) is 14.8. The van der Waals surface area contributed by atoms with Crippen molar-refractivity contribution in [2.75, 3.05) is 7.11 Å². The van der Waals surface area contributed by atoms with Gasteiger partial charge in [0.15, 0.2) is 0 Å². The number of nitrogens with zero attached hydrogens (tertiary/aromatic N) is 1. The van der Waals surface area contributed by atoms with Crippen molar-refractivity contribution in [1.29, 1.82) is 0 Å². The van der Waals surface area contributed by atoms with E-state index in [1.165, 1.54) is 7.11 Å². The SMILES string of the molecule is CO/N=C(\CCCC(N)=O)c1ccc(Cl)c(Cl)c1. The van der Waals surface area contributed by atoms with Gasteiger partial charge in [-0.25, -0.2) is 0 Å². The van der Waals surface area contributed by atoms with Crippen molar-refractivity contribution in [3.05, 3.63) is 33.8 Å². The number of benzene rings is 1. The summed E-state index contributed by atoms with van der Waals surface area (Å²) in [7, 11) is 1.46. The molecule has 1 aromatic rings. The van der Waals surface area contributed by atoms with Gasteiger partial charge >= 0.3 is 0 Å². The molecule has 0 atom stereocenters. The Kier molecular flexibility index (Phi) is 5.95. The Balaban J connectivity index is 2.81. The molecule has 18 heavy (non-hydrogen) atoms. The molecule has 0 bridgehead atoms. The molecule has 0 aliphatic rings. The summed E-state index contributed by atoms with van der Waals surface area (Å²) in [5.41, 5.74) is 6.61. The van der Waals surface area contributed by atoms with Crippen molar-refractivity contribution >= 4 is 34.8 Å². The van der Waals surface area contributed by atoms with Gasteiger partial charge in [0.05, 0.1) is 15.8 Å². The van der Waals surface area contributed by atoms with Crippen LogP contribution in [0.1, 0.15) is 24.8 Å². The second kappa shape index (κ2) is 7.24. The fraction of sp³-hybridized carbons (Fsp3) is 0.333. The predicted molar refractivity (Wildman–Crippen MR) is 73.1 cm³/mol. The molecule has 2 N–H and O–H groups in total. The van der Waals surface area contributed by atoms with Crippen LogP contribution >= 0.6 is 23.2 Å². The van der Waals surface area contributed by atoms with Crippen LogP contribution in [0.5, 0.6) is 0 Å². The van der Waals surface area contributed by atoms with Gasteiger partial charge in [0.2, 0.25) is 5.91 Å². The van der Waals surface area contributed by atoms with Crippen molar-refractivity contribution in [2.24, 2.45) is 10.9 Å². The molecule has 1 aromatic carbocycles. The number of primary amides is 1. The minimum absolute atomic E-state index is 0.310. The van der Waals surface area contributed by atoms with Gasteiger partial charge in [-0.15, -0.1) is 0 Å². The Bertz CT molecular complexity index is 461. The molecule has 0 radical (unpaired) electrons. The van der Waals surface area contributed by atoms with E-state index < -0.39 is 0 Å². The van der Waals surface area contributed by atoms with Crippen molar-refractivity contribution < 1.29 is 9.63 Å². The number of hydrogen-bond acceptors (Lipinski definition) is 3. The molecule has 0 unspecified atom stereocenters. The number of amides is 1. The van der Waals surface area contributed by atoms with Gasteiger partial charge in [0, 0.05) is 12.0 Å². The number of nitrogens with two attached hydrogens (primary N) is 1. The van der Waals surface area contributed by atoms with Crippen LogP contribution in [0.4, 0.5) is 0 Å². The van der Waals surface area contributed by atoms with Crippen LogP contribution in [0.25, 0.3) is 0 Å². The molecule has 0 fully saturated rings. The molecule has 1 amide bonds. The zero-order chi connectivity index (χ0) is 13.5. The summed E-state index contributed by atoms with van der Waals surface area (Å²) >= 11 is 11.8. The molecule has 0 spiro atoms. The van der Waals surface area contributed by atoms with E-state index in [2.05, 4.69) is 5.16 Å². The third kappa shape index (κ3) is 4.55. The maximum Gasteiger partial charge on any atom is 0.217 e. The van der Waals surface area contributed by atoms with E-state index in [9.17, 15) is 4.79 Å². The Morgan fingerprint density at radius 3 is 2.61 bits per heavy atom. The molecule has 0 saturated heterocycles. The van der Waals surface area contributed by atoms with Gasteiger partial charge in [-0.05, 0) is 25.0 Å². The van der Waals surface area contributed by atoms with Crippen molar-refractivity contribution in [1.82, 2.24) is 0 Å². The summed E-state index contributed by atoms with van der Waals surface area (Å²) in [6.07, 6.45) is 1.50. The average Bonchev–Trinajstić information content (AvgIpc) is 2.31. The fourth-order valence-corrected chi connectivity index (χ4v) is 1.76. The molecule has 4 nitrogen and oxygen atoms in total. The van der Waals surface area contributed by atoms with E-state index in [1.54, 1.807) is 18.2 Å². The number of carbonyl (C=O) groups is 1. The first-order valence-electron chi connectivity index (χ1n) is 5.38. The lowest BCUT2D eigenvalue weighted by atomic mass is 10.0. The van der Waals surface area contributed by atoms with Gasteiger partial charge in [-0.3, -0.25) is 4.79 Å². The van der Waals surface area contributed by atoms with E-state index in [4.69, 9.17) is 33.8 Å². The standard InChI is InChI=1S/C12H14Cl2N2O2/c1-18-16-11(3-2-4-12(15)17)8-5-6-9(13)10(14)7-8/h5-7H,2-4H2,1H3,(H2,15,17)/b16-11+. The molecule has 0 aliphatic heterocycles. The average molecular weight is 289 g/mol. The minimum atomic E-state index is -0.332. The minimum Gasteiger partial charge on any atom is -0.399 e. The summed E-state index contributed by atoms with van der Waals surface area (Å²) in [5, 5.41) is 4.86. The van der Waals surface area contributed by atoms with Gasteiger partial charge < -0.3 is 10.6 Å². The van der Waals surface area contributed by atoms with Gasteiger partial charge in [-0.2, -0.15) is 0 Å². The van der Waals surface area contributed by atoms with Crippen LogP contribution in [0, 0.1) is 0 Å². The maximum atomic E-state index is 10.7. The van der Waals surface area contributed by atoms with E-state index in [1.807, 2.05) is 0 Å². The quantitative estimate of drug-likeness (QED) is 0.646. The molecule has 6 heteroatoms. The molecule has 1 rings (SSSR count). The van der Waals surface area contributed by atoms with Crippen LogP contribution in [-0.2, 0) is 9.63 Å². The highest BCUT2D eigenvalue weighted by Crippen LogP contribution is 2.23. The number of hydrogen-bond donors (Lipinski definition) is 1. The van der Waals surface area contributed by atoms with Crippen LogP contribution < -0.4 is 5.73 Å². The Labute approximate surface area is 116 Å². The summed E-state index contributed by atoms with van der Waals surface area (Å²) < 4.78 is 0. The molecule has 0 aromatic heterocycles. The molecule has 0 saturated carbocycles. The highest BCUT2D eigenvalue weighted by Gasteiger charge is 2.08. The zero-order valence-electron chi connectivity index (χ0n) is 9.95. The largest absolute Gasteiger partial charge is 0.399 e. The third-order valence-corrected chi connectivity index (χ3v) is 3.03. The number of oxime groups is 1. The topological polar surface area (TPSA) is 64.7 Å². The lowest BCUT2D eigenvalue weighted by Gasteiger charge is -2.06. The molecule has 98 valence electrons. The second-order valence-corrected chi connectivity index (χ2v) is 4.48. The predicted octanol–water partition coefficient (Wildman–Crippen LogP) is 3.00. The number of halogens is 2. The van der Waals surface area contributed by atoms with E-state index in [0.29, 0.717) is 35.0 Å². The zero-order valence-corrected chi connectivity index (χ0v) is 11.5. The van der Waals surface area contributed by atoms with Crippen LogP contribution in [-0.4, -0.2) is 18.7 Å². The van der Waals surface area contributed by atoms with Crippen LogP contribution in [0.15, 0.2) is 23.4 Å². The van der Waals surface area contributed by atoms with Crippen LogP contribution in [0.3, 0.4) is 0 Å². The lowest BCUT2D eigenvalue weighted by molar-refractivity contribution is -0.118. The number of rotatable bonds is 6. The number of carbonyl (C=O) groups excluding carboxylic acids is 1. The lowest BCUT2D eigenvalue weighted by Crippen LogP contribution is -2.11. The van der Waals surface area contributed by atoms with E-state index >= 15 is 0 Å². The van der Waals surface area contributed by atoms with E-state index in [0.717, 1.165) is 5.56 Å². The van der Waals surface area contributed by atoms with Gasteiger partial charge in [-0.1, -0.05) is 34.4 Å². The first-order valence-corrected chi connectivity index (χ1v) is 6.14. The van der Waals surface area contributed by atoms with Gasteiger partial charge in [0.1, 0.15) is 7.11 Å². The van der Waals surface area contributed by atoms with Crippen molar-refractivity contribution in [3.63, 3.8) is 0 Å². The smallest absolute Gasteiger partial charge is 0.217 e. The second-order valence-electron chi connectivity index (χ2n) is 3.67. The van der Waals surface area contributed by atoms with Crippen molar-refractivity contribution in [3.8, 4) is 0 Å². The molecule has 0 heterocycles. The Morgan fingerprint density at radius 1 is 1.33 bits per heavy atom. The fourth-order valence-electron chi connectivity index (χ4n) is 1.46. The molecular weight excluding hydrogens is 275 g/mol. The molecular formula is C12H14Cl2N2O2. The van der Waals surface area contributed by atoms with Gasteiger partial charge in [0.25, 0.3) is 0 Å². The maximum absolute atomic E-state index is 10.7. The first-order chi connectivity index (χ1) is 8.54. The van der Waals surface area contributed by atoms with E-state index in [-0.39, 0.29) is 5.91 Å². The third-order valence-electron chi connectivity index (χ3n) is 2.29. The Hall–Kier alpha value is -1.26. The summed E-state index contributed by atoms with van der Waals surface area (Å²) in [6, 6.07) is 5.21. The highest BCUT2D eigenvalue weighted by atomic mass is 35.5. The van der Waals surface area contributed by atoms with Crippen LogP contribution in [0.2, 0.25) is 10.0 Å². The summed E-state index contributed by atoms with van der Waals surface area (Å²) in [4.78, 5) is 15.5. The van der Waals surface area contributed by atoms with Crippen molar-refractivity contribution in [2.45, 2.75) is 19.3 Å². The monoisotopic (exact) mass is 288 g/mol. The molecule has 0 aliphatic carbocycles. The summed E-state index contributed by atoms with van der Waals surface area (Å²) in [5.74, 6) is -0.332. The summed E-state index contributed by atoms with van der Waals surface area (Å²) in [6.45, 7) is 0.